The van der Waals surface area contributed by atoms with Crippen molar-refractivity contribution in [1.29, 1.82) is 0 Å². The average Bonchev–Trinajstić information content (AvgIpc) is 2.82. The summed E-state index contributed by atoms with van der Waals surface area (Å²) in [5.41, 5.74) is 4.56. The van der Waals surface area contributed by atoms with E-state index >= 15 is 0 Å². The van der Waals surface area contributed by atoms with Crippen LogP contribution in [0.1, 0.15) is 50.2 Å². The van der Waals surface area contributed by atoms with Gasteiger partial charge in [-0.2, -0.15) is 0 Å². The molecule has 2 heteroatoms. The molecule has 0 radical (unpaired) electrons. The molecule has 0 amide bonds. The van der Waals surface area contributed by atoms with Crippen molar-refractivity contribution in [3.8, 4) is 5.75 Å². The minimum absolute atomic E-state index is 0.0272. The van der Waals surface area contributed by atoms with E-state index in [0.717, 1.165) is 25.0 Å². The molecule has 3 aliphatic rings. The Morgan fingerprint density at radius 1 is 1.32 bits per heavy atom. The summed E-state index contributed by atoms with van der Waals surface area (Å²) in [5, 5.41) is 10.5. The third-order valence-corrected chi connectivity index (χ3v) is 6.63. The van der Waals surface area contributed by atoms with E-state index in [4.69, 9.17) is 4.74 Å². The lowest BCUT2D eigenvalue weighted by molar-refractivity contribution is 0.0409. The van der Waals surface area contributed by atoms with E-state index in [9.17, 15) is 5.11 Å². The van der Waals surface area contributed by atoms with Crippen LogP contribution >= 0.6 is 0 Å². The number of aliphatic hydroxyl groups excluding tert-OH is 1. The van der Waals surface area contributed by atoms with Crippen LogP contribution in [0, 0.1) is 17.3 Å². The van der Waals surface area contributed by atoms with E-state index in [1.807, 2.05) is 0 Å². The van der Waals surface area contributed by atoms with E-state index in [2.05, 4.69) is 38.1 Å². The second-order valence-corrected chi connectivity index (χ2v) is 7.75. The van der Waals surface area contributed by atoms with Gasteiger partial charge in [0.15, 0.2) is 0 Å². The summed E-state index contributed by atoms with van der Waals surface area (Å²) in [6, 6.07) is 6.62. The highest BCUT2D eigenvalue weighted by atomic mass is 16.5. The molecule has 0 unspecified atom stereocenters. The van der Waals surface area contributed by atoms with Crippen LogP contribution in [0.25, 0.3) is 0 Å². The zero-order valence-electron chi connectivity index (χ0n) is 13.8. The lowest BCUT2D eigenvalue weighted by Gasteiger charge is -2.50. The largest absolute Gasteiger partial charge is 0.497 e. The van der Waals surface area contributed by atoms with Crippen LogP contribution in [0.5, 0.6) is 5.75 Å². The van der Waals surface area contributed by atoms with Gasteiger partial charge in [-0.05, 0) is 66.7 Å². The highest BCUT2D eigenvalue weighted by molar-refractivity contribution is 5.44. The highest BCUT2D eigenvalue weighted by Crippen LogP contribution is 2.59. The number of methoxy groups -OCH3 is 1. The van der Waals surface area contributed by atoms with E-state index < -0.39 is 0 Å². The third-order valence-electron chi connectivity index (χ3n) is 6.63. The standard InChI is InChI=1S/C20H26O2/c1-12-10-13-11-14(22-3)4-5-15(13)16-8-9-20(2)17(19(12)16)6-7-18(20)21/h4-6,11-12,16,18-19,21H,7-10H2,1-3H3/t12-,16-,18+,19-,20+/m1/s1. The third kappa shape index (κ3) is 1.83. The number of hydrogen-bond donors (Lipinski definition) is 1. The summed E-state index contributed by atoms with van der Waals surface area (Å²) in [7, 11) is 1.74. The molecule has 118 valence electrons. The van der Waals surface area contributed by atoms with Gasteiger partial charge in [0.05, 0.1) is 13.2 Å². The van der Waals surface area contributed by atoms with Crippen molar-refractivity contribution >= 4 is 0 Å². The molecule has 3 aliphatic carbocycles. The van der Waals surface area contributed by atoms with Crippen molar-refractivity contribution in [3.63, 3.8) is 0 Å². The van der Waals surface area contributed by atoms with E-state index in [0.29, 0.717) is 17.8 Å². The predicted octanol–water partition coefficient (Wildman–Crippen LogP) is 4.08. The maximum Gasteiger partial charge on any atom is 0.119 e. The molecule has 1 fully saturated rings. The fourth-order valence-corrected chi connectivity index (χ4v) is 5.38. The first-order valence-corrected chi connectivity index (χ1v) is 8.60. The fraction of sp³-hybridized carbons (Fsp3) is 0.600. The maximum atomic E-state index is 10.5. The Kier molecular flexibility index (Phi) is 3.16. The van der Waals surface area contributed by atoms with Gasteiger partial charge in [-0.15, -0.1) is 0 Å². The Labute approximate surface area is 133 Å². The highest BCUT2D eigenvalue weighted by Gasteiger charge is 2.51. The van der Waals surface area contributed by atoms with Crippen LogP contribution in [-0.2, 0) is 6.42 Å². The van der Waals surface area contributed by atoms with Gasteiger partial charge >= 0.3 is 0 Å². The van der Waals surface area contributed by atoms with E-state index in [-0.39, 0.29) is 11.5 Å². The maximum absolute atomic E-state index is 10.5. The molecule has 4 rings (SSSR count). The molecule has 2 nitrogen and oxygen atoms in total. The molecule has 22 heavy (non-hydrogen) atoms. The minimum Gasteiger partial charge on any atom is -0.497 e. The Balaban J connectivity index is 1.77. The van der Waals surface area contributed by atoms with Crippen molar-refractivity contribution in [2.24, 2.45) is 17.3 Å². The number of hydrogen-bond acceptors (Lipinski definition) is 2. The summed E-state index contributed by atoms with van der Waals surface area (Å²) in [6.07, 6.45) is 6.45. The molecule has 1 aromatic carbocycles. The number of fused-ring (bicyclic) bond motifs is 5. The minimum atomic E-state index is -0.173. The molecule has 0 aliphatic heterocycles. The summed E-state index contributed by atoms with van der Waals surface area (Å²) < 4.78 is 5.41. The first-order chi connectivity index (χ1) is 10.5. The van der Waals surface area contributed by atoms with Gasteiger partial charge in [0.2, 0.25) is 0 Å². The Bertz CT molecular complexity index is 633. The van der Waals surface area contributed by atoms with Crippen molar-refractivity contribution in [2.45, 2.75) is 51.6 Å². The van der Waals surface area contributed by atoms with Crippen molar-refractivity contribution in [1.82, 2.24) is 0 Å². The molecule has 0 spiro atoms. The summed E-state index contributed by atoms with van der Waals surface area (Å²) in [5.74, 6) is 2.84. The molecule has 0 heterocycles. The Hall–Kier alpha value is -1.28. The van der Waals surface area contributed by atoms with Crippen molar-refractivity contribution in [3.05, 3.63) is 41.0 Å². The van der Waals surface area contributed by atoms with Crippen LogP contribution in [0.3, 0.4) is 0 Å². The van der Waals surface area contributed by atoms with Crippen LogP contribution in [-0.4, -0.2) is 18.3 Å². The lowest BCUT2D eigenvalue weighted by Crippen LogP contribution is -2.42. The number of aliphatic hydroxyl groups is 1. The van der Waals surface area contributed by atoms with Crippen LogP contribution in [0.15, 0.2) is 29.8 Å². The second kappa shape index (κ2) is 4.86. The van der Waals surface area contributed by atoms with Crippen LogP contribution in [0.2, 0.25) is 0 Å². The second-order valence-electron chi connectivity index (χ2n) is 7.75. The molecule has 1 saturated carbocycles. The Morgan fingerprint density at radius 3 is 2.91 bits per heavy atom. The first kappa shape index (κ1) is 14.3. The molecule has 0 aromatic heterocycles. The van der Waals surface area contributed by atoms with Gasteiger partial charge in [0, 0.05) is 5.41 Å². The quantitative estimate of drug-likeness (QED) is 0.792. The Morgan fingerprint density at radius 2 is 2.14 bits per heavy atom. The van der Waals surface area contributed by atoms with Crippen LogP contribution in [0.4, 0.5) is 0 Å². The average molecular weight is 298 g/mol. The SMILES string of the molecule is COc1ccc2c(c1)C[C@@H](C)[C@H]1C3=CC[C@H](O)[C@@]3(C)CC[C@H]21. The lowest BCUT2D eigenvalue weighted by atomic mass is 9.55. The van der Waals surface area contributed by atoms with E-state index in [1.54, 1.807) is 12.7 Å². The predicted molar refractivity (Wildman–Crippen MR) is 88.1 cm³/mol. The summed E-state index contributed by atoms with van der Waals surface area (Å²) in [4.78, 5) is 0. The van der Waals surface area contributed by atoms with Gasteiger partial charge < -0.3 is 9.84 Å². The first-order valence-electron chi connectivity index (χ1n) is 8.60. The fourth-order valence-electron chi connectivity index (χ4n) is 5.38. The monoisotopic (exact) mass is 298 g/mol. The zero-order valence-corrected chi connectivity index (χ0v) is 13.8. The van der Waals surface area contributed by atoms with Crippen LogP contribution < -0.4 is 4.74 Å². The number of benzene rings is 1. The zero-order chi connectivity index (χ0) is 15.5. The number of ether oxygens (including phenoxy) is 1. The molecule has 0 bridgehead atoms. The van der Waals surface area contributed by atoms with Gasteiger partial charge in [-0.1, -0.05) is 31.6 Å². The molecule has 1 N–H and O–H groups in total. The van der Waals surface area contributed by atoms with Crippen molar-refractivity contribution in [2.75, 3.05) is 7.11 Å². The number of rotatable bonds is 1. The molecule has 0 saturated heterocycles. The van der Waals surface area contributed by atoms with Gasteiger partial charge in [0.1, 0.15) is 5.75 Å². The molecule has 5 atom stereocenters. The molecular weight excluding hydrogens is 272 g/mol. The van der Waals surface area contributed by atoms with E-state index in [1.165, 1.54) is 17.5 Å². The topological polar surface area (TPSA) is 29.5 Å². The van der Waals surface area contributed by atoms with Crippen molar-refractivity contribution < 1.29 is 9.84 Å². The van der Waals surface area contributed by atoms with Gasteiger partial charge in [-0.3, -0.25) is 0 Å². The molecular formula is C20H26O2. The normalized spacial score (nSPS) is 39.5. The smallest absolute Gasteiger partial charge is 0.119 e. The summed E-state index contributed by atoms with van der Waals surface area (Å²) >= 11 is 0. The van der Waals surface area contributed by atoms with Gasteiger partial charge in [-0.25, -0.2) is 0 Å². The van der Waals surface area contributed by atoms with Gasteiger partial charge in [0.25, 0.3) is 0 Å². The molecule has 1 aromatic rings. The summed E-state index contributed by atoms with van der Waals surface area (Å²) in [6.45, 7) is 4.67.